The summed E-state index contributed by atoms with van der Waals surface area (Å²) in [6.45, 7) is 6.97. The van der Waals surface area contributed by atoms with Gasteiger partial charge in [0.2, 0.25) is 10.0 Å². The zero-order valence-corrected chi connectivity index (χ0v) is 25.6. The Morgan fingerprint density at radius 3 is 2.65 bits per heavy atom. The van der Waals surface area contributed by atoms with Gasteiger partial charge in [-0.25, -0.2) is 18.4 Å². The van der Waals surface area contributed by atoms with E-state index < -0.39 is 54.4 Å². The van der Waals surface area contributed by atoms with Gasteiger partial charge in [-0.15, -0.1) is 0 Å². The lowest BCUT2D eigenvalue weighted by Crippen LogP contribution is -2.46. The minimum atomic E-state index is -4.99. The number of fused-ring (bicyclic) bond motifs is 1. The number of allylic oxidation sites excluding steroid dienone is 2. The Morgan fingerprint density at radius 1 is 1.26 bits per heavy atom. The molecule has 17 heteroatoms. The first kappa shape index (κ1) is 31.9. The molecule has 3 aromatic heterocycles. The van der Waals surface area contributed by atoms with E-state index in [0.717, 1.165) is 12.2 Å². The molecule has 0 spiro atoms. The fraction of sp³-hybridized carbons (Fsp3) is 0.423. The second-order valence-corrected chi connectivity index (χ2v) is 18.9. The van der Waals surface area contributed by atoms with Crippen LogP contribution in [0.25, 0.3) is 22.3 Å². The molecule has 0 saturated carbocycles. The molecule has 1 aliphatic rings. The average molecular weight is 637 g/mol. The van der Waals surface area contributed by atoms with E-state index >= 15 is 0 Å². The van der Waals surface area contributed by atoms with Crippen LogP contribution in [0.5, 0.6) is 0 Å². The first-order valence-corrected chi connectivity index (χ1v) is 18.4. The van der Waals surface area contributed by atoms with Crippen molar-refractivity contribution in [2.24, 2.45) is 5.73 Å². The third kappa shape index (κ3) is 7.32. The number of ether oxygens (including phenoxy) is 1. The maximum Gasteiger partial charge on any atom is 0.404 e. The Bertz CT molecular complexity index is 1720. The number of nitriles is 1. The van der Waals surface area contributed by atoms with Crippen LogP contribution in [0.15, 0.2) is 49.2 Å². The van der Waals surface area contributed by atoms with Crippen molar-refractivity contribution in [2.75, 3.05) is 18.9 Å². The van der Waals surface area contributed by atoms with Gasteiger partial charge in [0, 0.05) is 38.7 Å². The first-order valence-electron chi connectivity index (χ1n) is 13.1. The van der Waals surface area contributed by atoms with Gasteiger partial charge >= 0.3 is 6.18 Å². The van der Waals surface area contributed by atoms with E-state index in [1.54, 1.807) is 16.8 Å². The third-order valence-electron chi connectivity index (χ3n) is 6.73. The molecule has 3 aromatic rings. The summed E-state index contributed by atoms with van der Waals surface area (Å²) in [5.41, 5.74) is 4.81. The molecule has 0 aliphatic carbocycles. The van der Waals surface area contributed by atoms with Gasteiger partial charge in [0.25, 0.3) is 5.91 Å². The number of nitrogens with two attached hydrogens (primary N) is 1. The number of halogens is 3. The van der Waals surface area contributed by atoms with Gasteiger partial charge in [0.05, 0.1) is 30.3 Å². The van der Waals surface area contributed by atoms with E-state index in [2.05, 4.69) is 34.7 Å². The summed E-state index contributed by atoms with van der Waals surface area (Å²) in [5, 5.41) is 14.5. The predicted octanol–water partition coefficient (Wildman–Crippen LogP) is 3.59. The van der Waals surface area contributed by atoms with Crippen LogP contribution in [0, 0.1) is 11.3 Å². The number of aromatic nitrogens is 5. The Balaban J connectivity index is 1.76. The standard InChI is InChI=1S/C26H31F3N8O4SSi/c1-43(2,3)13-12-41-18-35-11-6-19-21(32-17-33-24(19)35)20-14-37(34-22(20)23(31)38)25(8-9-30)7-4-5-10-36(15-25)42(39,40)16-26(27,28)29/h4-7,10-11,14,17H,8,12-13,15-16,18H2,1-3H3,(H2,31,38). The fourth-order valence-corrected chi connectivity index (χ4v) is 6.55. The average Bonchev–Trinajstić information content (AvgIpc) is 3.45. The Labute approximate surface area is 247 Å². The summed E-state index contributed by atoms with van der Waals surface area (Å²) in [5.74, 6) is -3.03. The highest BCUT2D eigenvalue weighted by molar-refractivity contribution is 7.89. The highest BCUT2D eigenvalue weighted by Crippen LogP contribution is 2.34. The van der Waals surface area contributed by atoms with Crippen LogP contribution in [-0.4, -0.2) is 76.1 Å². The smallest absolute Gasteiger partial charge is 0.364 e. The van der Waals surface area contributed by atoms with Gasteiger partial charge in [-0.05, 0) is 18.2 Å². The predicted molar refractivity (Wildman–Crippen MR) is 154 cm³/mol. The van der Waals surface area contributed by atoms with E-state index in [-0.39, 0.29) is 23.7 Å². The number of alkyl halides is 3. The SMILES string of the molecule is C[Si](C)(C)CCOCn1ccc2c(-c3cn(C4(CC#N)C=CC=CN(S(=O)(=O)CC(F)(F)F)C4)nc3C(N)=O)ncnc21. The molecule has 1 atom stereocenters. The van der Waals surface area contributed by atoms with Crippen LogP contribution in [-0.2, 0) is 27.0 Å². The fourth-order valence-electron chi connectivity index (χ4n) is 4.54. The van der Waals surface area contributed by atoms with E-state index in [4.69, 9.17) is 10.5 Å². The molecule has 0 saturated heterocycles. The summed E-state index contributed by atoms with van der Waals surface area (Å²) in [7, 11) is -6.16. The molecule has 4 heterocycles. The highest BCUT2D eigenvalue weighted by Gasteiger charge is 2.42. The van der Waals surface area contributed by atoms with Crippen molar-refractivity contribution >= 4 is 35.0 Å². The second-order valence-electron chi connectivity index (χ2n) is 11.3. The normalized spacial score (nSPS) is 17.7. The van der Waals surface area contributed by atoms with Gasteiger partial charge in [0.1, 0.15) is 24.2 Å². The van der Waals surface area contributed by atoms with Crippen LogP contribution in [0.4, 0.5) is 13.2 Å². The topological polar surface area (TPSA) is 162 Å². The summed E-state index contributed by atoms with van der Waals surface area (Å²) in [6.07, 6.45) is 4.12. The monoisotopic (exact) mass is 636 g/mol. The van der Waals surface area contributed by atoms with Crippen LogP contribution in [0.1, 0.15) is 16.9 Å². The molecule has 1 aliphatic heterocycles. The number of hydrogen-bond acceptors (Lipinski definition) is 8. The molecule has 0 bridgehead atoms. The molecule has 0 fully saturated rings. The quantitative estimate of drug-likeness (QED) is 0.247. The number of carbonyl (C=O) groups is 1. The van der Waals surface area contributed by atoms with E-state index in [1.807, 2.05) is 6.07 Å². The zero-order valence-electron chi connectivity index (χ0n) is 23.7. The molecule has 12 nitrogen and oxygen atoms in total. The summed E-state index contributed by atoms with van der Waals surface area (Å²) in [6, 6.07) is 4.67. The Hall–Kier alpha value is -4.01. The minimum Gasteiger partial charge on any atom is -0.364 e. The van der Waals surface area contributed by atoms with E-state index in [9.17, 15) is 31.6 Å². The van der Waals surface area contributed by atoms with Gasteiger partial charge in [-0.3, -0.25) is 13.8 Å². The number of amides is 1. The molecular formula is C26H31F3N8O4SSi. The van der Waals surface area contributed by atoms with Crippen LogP contribution in [0.3, 0.4) is 0 Å². The largest absolute Gasteiger partial charge is 0.404 e. The molecule has 230 valence electrons. The molecule has 4 rings (SSSR count). The maximum absolute atomic E-state index is 13.1. The van der Waals surface area contributed by atoms with Crippen LogP contribution < -0.4 is 5.73 Å². The van der Waals surface area contributed by atoms with Gasteiger partial charge < -0.3 is 15.0 Å². The molecular weight excluding hydrogens is 605 g/mol. The molecule has 0 radical (unpaired) electrons. The molecule has 43 heavy (non-hydrogen) atoms. The number of primary amides is 1. The number of nitrogens with zero attached hydrogens (tertiary/aromatic N) is 7. The van der Waals surface area contributed by atoms with Gasteiger partial charge in [0.15, 0.2) is 11.4 Å². The van der Waals surface area contributed by atoms with Crippen molar-refractivity contribution in [3.8, 4) is 17.3 Å². The van der Waals surface area contributed by atoms with Crippen molar-refractivity contribution < 1.29 is 31.1 Å². The zero-order chi connectivity index (χ0) is 31.6. The maximum atomic E-state index is 13.1. The molecule has 2 N–H and O–H groups in total. The Morgan fingerprint density at radius 2 is 2.00 bits per heavy atom. The first-order chi connectivity index (χ1) is 20.1. The minimum absolute atomic E-state index is 0.171. The highest BCUT2D eigenvalue weighted by atomic mass is 32.2. The molecule has 1 amide bonds. The second kappa shape index (κ2) is 11.9. The van der Waals surface area contributed by atoms with Crippen molar-refractivity contribution in [1.29, 1.82) is 5.26 Å². The van der Waals surface area contributed by atoms with Crippen molar-refractivity contribution in [2.45, 2.75) is 50.6 Å². The lowest BCUT2D eigenvalue weighted by Gasteiger charge is -2.33. The lowest BCUT2D eigenvalue weighted by atomic mass is 9.95. The number of hydrogen-bond donors (Lipinski definition) is 1. The third-order valence-corrected chi connectivity index (χ3v) is 10.1. The van der Waals surface area contributed by atoms with E-state index in [0.29, 0.717) is 21.9 Å². The van der Waals surface area contributed by atoms with Crippen LogP contribution in [0.2, 0.25) is 25.7 Å². The number of carbonyl (C=O) groups excluding carboxylic acids is 1. The lowest BCUT2D eigenvalue weighted by molar-refractivity contribution is -0.106. The van der Waals surface area contributed by atoms with Crippen molar-refractivity contribution in [3.05, 3.63) is 54.9 Å². The van der Waals surface area contributed by atoms with E-state index in [1.165, 1.54) is 35.4 Å². The number of sulfonamides is 1. The van der Waals surface area contributed by atoms with Gasteiger partial charge in [-0.2, -0.15) is 23.5 Å². The van der Waals surface area contributed by atoms with Crippen LogP contribution >= 0.6 is 0 Å². The molecule has 0 aromatic carbocycles. The summed E-state index contributed by atoms with van der Waals surface area (Å²) < 4.78 is 73.9. The van der Waals surface area contributed by atoms with Crippen molar-refractivity contribution in [1.82, 2.24) is 28.6 Å². The van der Waals surface area contributed by atoms with Gasteiger partial charge in [-0.1, -0.05) is 31.8 Å². The Kier molecular flexibility index (Phi) is 8.86. The summed E-state index contributed by atoms with van der Waals surface area (Å²) >= 11 is 0. The number of rotatable bonds is 11. The summed E-state index contributed by atoms with van der Waals surface area (Å²) in [4.78, 5) is 21.3. The van der Waals surface area contributed by atoms with Crippen molar-refractivity contribution in [3.63, 3.8) is 0 Å². The molecule has 1 unspecified atom stereocenters.